The Balaban J connectivity index is 1.86. The van der Waals surface area contributed by atoms with Gasteiger partial charge in [0.1, 0.15) is 12.2 Å². The van der Waals surface area contributed by atoms with Crippen molar-refractivity contribution in [3.8, 4) is 0 Å². The molecule has 2 unspecified atom stereocenters. The zero-order valence-electron chi connectivity index (χ0n) is 27.5. The highest BCUT2D eigenvalue weighted by Crippen LogP contribution is 2.41. The zero-order chi connectivity index (χ0) is 30.3. The third-order valence-corrected chi connectivity index (χ3v) is 8.65. The van der Waals surface area contributed by atoms with Gasteiger partial charge in [-0.25, -0.2) is 0 Å². The first-order chi connectivity index (χ1) is 18.2. The van der Waals surface area contributed by atoms with Crippen molar-refractivity contribution in [2.45, 2.75) is 133 Å². The highest BCUT2D eigenvalue weighted by molar-refractivity contribution is 5.49. The molecular formula is C36H58N2O2. The maximum Gasteiger partial charge on any atom is 0.102 e. The van der Waals surface area contributed by atoms with Gasteiger partial charge in [-0.3, -0.25) is 0 Å². The Morgan fingerprint density at radius 3 is 1.15 bits per heavy atom. The molecule has 3 rings (SSSR count). The first-order valence-electron chi connectivity index (χ1n) is 15.4. The number of aliphatic hydroxyl groups is 2. The van der Waals surface area contributed by atoms with Crippen molar-refractivity contribution in [3.63, 3.8) is 0 Å². The Morgan fingerprint density at radius 1 is 0.550 bits per heavy atom. The van der Waals surface area contributed by atoms with Crippen molar-refractivity contribution in [2.75, 3.05) is 0 Å². The van der Waals surface area contributed by atoms with Crippen LogP contribution in [0.2, 0.25) is 0 Å². The van der Waals surface area contributed by atoms with E-state index < -0.39 is 12.2 Å². The second kappa shape index (κ2) is 11.7. The van der Waals surface area contributed by atoms with E-state index in [-0.39, 0.29) is 33.7 Å². The van der Waals surface area contributed by atoms with Crippen LogP contribution in [0.5, 0.6) is 0 Å². The van der Waals surface area contributed by atoms with Crippen LogP contribution < -0.4 is 10.6 Å². The van der Waals surface area contributed by atoms with Gasteiger partial charge in [-0.2, -0.15) is 0 Å². The molecule has 3 aliphatic rings. The standard InChI is InChI=1S/C36H58N2O2/c1-33(2,3)25-17-23(31(39)27(19-25)35(7,8)9)21-37-29-15-13-14-16-30(29)38-22-24-18-26(34(4,5)6)20-28(32(24)40)36(10,11)12/h17-22,29-32,37-40H,13-16H2,1-12H3/b23-21-,24-22-/t29-,30-,31?,32?/m0/s1. The van der Waals surface area contributed by atoms with Gasteiger partial charge in [-0.15, -0.1) is 0 Å². The van der Waals surface area contributed by atoms with E-state index in [0.29, 0.717) is 0 Å². The fourth-order valence-corrected chi connectivity index (χ4v) is 5.75. The minimum absolute atomic E-state index is 0.00253. The zero-order valence-corrected chi connectivity index (χ0v) is 27.5. The van der Waals surface area contributed by atoms with Crippen LogP contribution in [0.3, 0.4) is 0 Å². The molecule has 1 saturated carbocycles. The molecule has 0 aromatic carbocycles. The average Bonchev–Trinajstić information content (AvgIpc) is 2.80. The summed E-state index contributed by atoms with van der Waals surface area (Å²) in [5, 5.41) is 30.1. The van der Waals surface area contributed by atoms with Crippen LogP contribution in [-0.4, -0.2) is 34.5 Å². The fraction of sp³-hybridized carbons (Fsp3) is 0.667. The third-order valence-electron chi connectivity index (χ3n) is 8.65. The average molecular weight is 551 g/mol. The molecule has 0 radical (unpaired) electrons. The molecule has 0 bridgehead atoms. The van der Waals surface area contributed by atoms with Crippen LogP contribution >= 0.6 is 0 Å². The predicted octanol–water partition coefficient (Wildman–Crippen LogP) is 7.88. The Morgan fingerprint density at radius 2 is 0.875 bits per heavy atom. The van der Waals surface area contributed by atoms with Crippen LogP contribution in [0.15, 0.2) is 70.1 Å². The maximum atomic E-state index is 11.3. The molecule has 4 heteroatoms. The largest absolute Gasteiger partial charge is 0.386 e. The fourth-order valence-electron chi connectivity index (χ4n) is 5.75. The highest BCUT2D eigenvalue weighted by Gasteiger charge is 2.34. The first kappa shape index (κ1) is 32.5. The van der Waals surface area contributed by atoms with Gasteiger partial charge in [0.25, 0.3) is 0 Å². The highest BCUT2D eigenvalue weighted by atomic mass is 16.3. The van der Waals surface area contributed by atoms with Gasteiger partial charge < -0.3 is 20.8 Å². The Kier molecular flexibility index (Phi) is 9.48. The summed E-state index contributed by atoms with van der Waals surface area (Å²) >= 11 is 0. The van der Waals surface area contributed by atoms with Crippen LogP contribution in [0.25, 0.3) is 0 Å². The minimum Gasteiger partial charge on any atom is -0.386 e. The van der Waals surface area contributed by atoms with Gasteiger partial charge in [-0.1, -0.05) is 120 Å². The number of nitrogens with one attached hydrogen (secondary N) is 2. The van der Waals surface area contributed by atoms with E-state index in [1.54, 1.807) is 0 Å². The van der Waals surface area contributed by atoms with Crippen molar-refractivity contribution in [1.82, 2.24) is 10.6 Å². The molecule has 4 N–H and O–H groups in total. The number of allylic oxidation sites excluding steroid dienone is 4. The molecular weight excluding hydrogens is 492 g/mol. The van der Waals surface area contributed by atoms with Crippen molar-refractivity contribution < 1.29 is 10.2 Å². The molecule has 3 aliphatic carbocycles. The molecule has 0 saturated heterocycles. The SMILES string of the molecule is CC(C)(C)C1=C/C(=C/N[C@H]2CCCC[C@@H]2N/C=C2/C=C(C(C)(C)C)C=C(C(C)(C)C)C2O)C(O)C(C(C)(C)C)=C1. The van der Waals surface area contributed by atoms with E-state index in [9.17, 15) is 10.2 Å². The number of aliphatic hydroxyl groups excluding tert-OH is 2. The van der Waals surface area contributed by atoms with Crippen molar-refractivity contribution in [1.29, 1.82) is 0 Å². The summed E-state index contributed by atoms with van der Waals surface area (Å²) in [4.78, 5) is 0. The van der Waals surface area contributed by atoms with Crippen molar-refractivity contribution in [2.24, 2.45) is 21.7 Å². The van der Waals surface area contributed by atoms with E-state index in [1.807, 2.05) is 0 Å². The second-order valence-corrected chi connectivity index (χ2v) is 16.3. The normalized spacial score (nSPS) is 29.1. The molecule has 0 heterocycles. The summed E-state index contributed by atoms with van der Waals surface area (Å²) in [5.74, 6) is 0. The van der Waals surface area contributed by atoms with Gasteiger partial charge in [0.2, 0.25) is 0 Å². The summed E-state index contributed by atoms with van der Waals surface area (Å²) in [5.41, 5.74) is 6.23. The molecule has 0 aromatic heterocycles. The molecule has 0 amide bonds. The minimum atomic E-state index is -0.614. The van der Waals surface area contributed by atoms with Crippen LogP contribution in [0.1, 0.15) is 109 Å². The molecule has 224 valence electrons. The van der Waals surface area contributed by atoms with Gasteiger partial charge >= 0.3 is 0 Å². The van der Waals surface area contributed by atoms with Gasteiger partial charge in [-0.05, 0) is 56.8 Å². The number of hydrogen-bond acceptors (Lipinski definition) is 4. The summed E-state index contributed by atoms with van der Waals surface area (Å²) < 4.78 is 0. The molecule has 1 fully saturated rings. The molecule has 4 nitrogen and oxygen atoms in total. The van der Waals surface area contributed by atoms with Crippen LogP contribution in [0.4, 0.5) is 0 Å². The predicted molar refractivity (Wildman–Crippen MR) is 171 cm³/mol. The van der Waals surface area contributed by atoms with E-state index in [2.05, 4.69) is 130 Å². The quantitative estimate of drug-likeness (QED) is 0.287. The molecule has 4 atom stereocenters. The summed E-state index contributed by atoms with van der Waals surface area (Å²) in [6.45, 7) is 26.4. The van der Waals surface area contributed by atoms with Crippen molar-refractivity contribution in [3.05, 3.63) is 70.1 Å². The van der Waals surface area contributed by atoms with Gasteiger partial charge in [0, 0.05) is 35.6 Å². The molecule has 0 aromatic rings. The smallest absolute Gasteiger partial charge is 0.102 e. The Hall–Kier alpha value is -2.04. The second-order valence-electron chi connectivity index (χ2n) is 16.3. The van der Waals surface area contributed by atoms with E-state index >= 15 is 0 Å². The van der Waals surface area contributed by atoms with E-state index in [0.717, 1.165) is 35.1 Å². The molecule has 0 spiro atoms. The monoisotopic (exact) mass is 550 g/mol. The summed E-state index contributed by atoms with van der Waals surface area (Å²) in [6, 6.07) is 0.482. The number of hydrogen-bond donors (Lipinski definition) is 4. The first-order valence-corrected chi connectivity index (χ1v) is 15.4. The Bertz CT molecular complexity index is 1030. The lowest BCUT2D eigenvalue weighted by atomic mass is 9.73. The van der Waals surface area contributed by atoms with Gasteiger partial charge in [0.05, 0.1) is 0 Å². The summed E-state index contributed by atoms with van der Waals surface area (Å²) in [6.07, 6.45) is 16.1. The number of rotatable bonds is 4. The topological polar surface area (TPSA) is 64.5 Å². The molecule has 0 aliphatic heterocycles. The van der Waals surface area contributed by atoms with Crippen molar-refractivity contribution >= 4 is 0 Å². The lowest BCUT2D eigenvalue weighted by Crippen LogP contribution is -2.47. The van der Waals surface area contributed by atoms with Gasteiger partial charge in [0.15, 0.2) is 0 Å². The summed E-state index contributed by atoms with van der Waals surface area (Å²) in [7, 11) is 0. The maximum absolute atomic E-state index is 11.3. The lowest BCUT2D eigenvalue weighted by Gasteiger charge is -2.37. The third kappa shape index (κ3) is 7.82. The van der Waals surface area contributed by atoms with E-state index in [4.69, 9.17) is 0 Å². The molecule has 40 heavy (non-hydrogen) atoms. The Labute approximate surface area is 245 Å². The van der Waals surface area contributed by atoms with E-state index in [1.165, 1.54) is 24.0 Å². The lowest BCUT2D eigenvalue weighted by molar-refractivity contribution is 0.216. The van der Waals surface area contributed by atoms with Crippen LogP contribution in [0, 0.1) is 21.7 Å². The van der Waals surface area contributed by atoms with Crippen LogP contribution in [-0.2, 0) is 0 Å².